The number of rotatable bonds is 5. The van der Waals surface area contributed by atoms with Gasteiger partial charge < -0.3 is 15.2 Å². The highest BCUT2D eigenvalue weighted by Gasteiger charge is 2.33. The Morgan fingerprint density at radius 1 is 1.33 bits per heavy atom. The SMILES string of the molecule is CC(C)(C)OC(=O)N[C@H](CCCO)CC(F)(F)F. The lowest BCUT2D eigenvalue weighted by atomic mass is 10.1. The summed E-state index contributed by atoms with van der Waals surface area (Å²) in [6.07, 6.45) is -6.14. The van der Waals surface area contributed by atoms with E-state index in [1.165, 1.54) is 0 Å². The van der Waals surface area contributed by atoms with Crippen molar-refractivity contribution in [3.05, 3.63) is 0 Å². The number of hydrogen-bond donors (Lipinski definition) is 2. The maximum atomic E-state index is 12.3. The maximum Gasteiger partial charge on any atom is 0.407 e. The van der Waals surface area contributed by atoms with E-state index in [1.54, 1.807) is 20.8 Å². The molecule has 0 radical (unpaired) electrons. The van der Waals surface area contributed by atoms with Crippen LogP contribution < -0.4 is 5.32 Å². The number of nitrogens with one attached hydrogen (secondary N) is 1. The van der Waals surface area contributed by atoms with Crippen LogP contribution in [0.5, 0.6) is 0 Å². The number of amides is 1. The first-order valence-corrected chi connectivity index (χ1v) is 5.70. The van der Waals surface area contributed by atoms with Gasteiger partial charge in [0, 0.05) is 12.6 Å². The number of hydrogen-bond acceptors (Lipinski definition) is 3. The van der Waals surface area contributed by atoms with Gasteiger partial charge in [-0.2, -0.15) is 13.2 Å². The van der Waals surface area contributed by atoms with E-state index in [4.69, 9.17) is 9.84 Å². The van der Waals surface area contributed by atoms with E-state index < -0.39 is 30.3 Å². The fraction of sp³-hybridized carbons (Fsp3) is 0.909. The van der Waals surface area contributed by atoms with Crippen LogP contribution in [0.15, 0.2) is 0 Å². The van der Waals surface area contributed by atoms with Crippen molar-refractivity contribution in [2.45, 2.75) is 57.9 Å². The largest absolute Gasteiger partial charge is 0.444 e. The standard InChI is InChI=1S/C11H20F3NO3/c1-10(2,3)18-9(17)15-8(5-4-6-16)7-11(12,13)14/h8,16H,4-7H2,1-3H3,(H,15,17)/t8-/m1/s1. The molecular weight excluding hydrogens is 251 g/mol. The van der Waals surface area contributed by atoms with Crippen molar-refractivity contribution in [2.75, 3.05) is 6.61 Å². The molecule has 4 nitrogen and oxygen atoms in total. The van der Waals surface area contributed by atoms with Gasteiger partial charge in [-0.25, -0.2) is 4.79 Å². The lowest BCUT2D eigenvalue weighted by Crippen LogP contribution is -2.41. The van der Waals surface area contributed by atoms with Gasteiger partial charge in [-0.3, -0.25) is 0 Å². The predicted octanol–water partition coefficient (Wildman–Crippen LogP) is 2.60. The molecule has 0 spiro atoms. The molecule has 0 saturated heterocycles. The monoisotopic (exact) mass is 271 g/mol. The van der Waals surface area contributed by atoms with Crippen molar-refractivity contribution in [1.82, 2.24) is 5.32 Å². The van der Waals surface area contributed by atoms with Gasteiger partial charge in [0.25, 0.3) is 0 Å². The minimum atomic E-state index is -4.37. The molecule has 2 N–H and O–H groups in total. The molecule has 0 aliphatic carbocycles. The number of carbonyl (C=O) groups is 1. The minimum Gasteiger partial charge on any atom is -0.444 e. The Bertz CT molecular complexity index is 261. The molecule has 0 aliphatic heterocycles. The van der Waals surface area contributed by atoms with Crippen LogP contribution in [0, 0.1) is 0 Å². The van der Waals surface area contributed by atoms with Crippen LogP contribution >= 0.6 is 0 Å². The first kappa shape index (κ1) is 17.0. The molecule has 0 unspecified atom stereocenters. The number of ether oxygens (including phenoxy) is 1. The topological polar surface area (TPSA) is 58.6 Å². The van der Waals surface area contributed by atoms with Crippen LogP contribution in [0.2, 0.25) is 0 Å². The smallest absolute Gasteiger partial charge is 0.407 e. The fourth-order valence-corrected chi connectivity index (χ4v) is 1.32. The van der Waals surface area contributed by atoms with Crippen LogP contribution in [-0.4, -0.2) is 35.6 Å². The molecule has 18 heavy (non-hydrogen) atoms. The van der Waals surface area contributed by atoms with Gasteiger partial charge in [-0.05, 0) is 33.6 Å². The summed E-state index contributed by atoms with van der Waals surface area (Å²) >= 11 is 0. The molecule has 7 heteroatoms. The van der Waals surface area contributed by atoms with Crippen molar-refractivity contribution >= 4 is 6.09 Å². The van der Waals surface area contributed by atoms with E-state index in [9.17, 15) is 18.0 Å². The van der Waals surface area contributed by atoms with Crippen LogP contribution in [0.25, 0.3) is 0 Å². The summed E-state index contributed by atoms with van der Waals surface area (Å²) in [5, 5.41) is 10.8. The van der Waals surface area contributed by atoms with Crippen molar-refractivity contribution in [3.63, 3.8) is 0 Å². The highest BCUT2D eigenvalue weighted by Crippen LogP contribution is 2.23. The Kier molecular flexibility index (Phi) is 6.45. The van der Waals surface area contributed by atoms with Crippen LogP contribution in [-0.2, 0) is 4.74 Å². The Morgan fingerprint density at radius 2 is 1.89 bits per heavy atom. The highest BCUT2D eigenvalue weighted by atomic mass is 19.4. The Balaban J connectivity index is 4.35. The third-order valence-corrected chi connectivity index (χ3v) is 1.91. The summed E-state index contributed by atoms with van der Waals surface area (Å²) in [6.45, 7) is 4.65. The van der Waals surface area contributed by atoms with Crippen LogP contribution in [0.4, 0.5) is 18.0 Å². The first-order valence-electron chi connectivity index (χ1n) is 5.70. The fourth-order valence-electron chi connectivity index (χ4n) is 1.32. The van der Waals surface area contributed by atoms with Gasteiger partial charge in [0.15, 0.2) is 0 Å². The number of halogens is 3. The van der Waals surface area contributed by atoms with E-state index in [0.29, 0.717) is 0 Å². The first-order chi connectivity index (χ1) is 8.03. The number of alkyl halides is 3. The van der Waals surface area contributed by atoms with Gasteiger partial charge in [-0.15, -0.1) is 0 Å². The number of aliphatic hydroxyl groups is 1. The maximum absolute atomic E-state index is 12.3. The minimum absolute atomic E-state index is 0.0508. The second-order valence-corrected chi connectivity index (χ2v) is 5.03. The van der Waals surface area contributed by atoms with Crippen molar-refractivity contribution in [3.8, 4) is 0 Å². The van der Waals surface area contributed by atoms with Crippen molar-refractivity contribution in [2.24, 2.45) is 0 Å². The summed E-state index contributed by atoms with van der Waals surface area (Å²) in [5.41, 5.74) is -0.760. The van der Waals surface area contributed by atoms with E-state index in [-0.39, 0.29) is 19.4 Å². The molecule has 0 saturated carbocycles. The zero-order valence-electron chi connectivity index (χ0n) is 10.8. The Labute approximate surface area is 105 Å². The molecule has 108 valence electrons. The van der Waals surface area contributed by atoms with Crippen molar-refractivity contribution < 1.29 is 27.8 Å². The Morgan fingerprint density at radius 3 is 2.28 bits per heavy atom. The van der Waals surface area contributed by atoms with E-state index >= 15 is 0 Å². The lowest BCUT2D eigenvalue weighted by molar-refractivity contribution is -0.140. The molecule has 0 aromatic heterocycles. The van der Waals surface area contributed by atoms with Crippen LogP contribution in [0.3, 0.4) is 0 Å². The third kappa shape index (κ3) is 10.2. The number of aliphatic hydroxyl groups excluding tert-OH is 1. The molecule has 0 aliphatic rings. The Hall–Kier alpha value is -0.980. The average molecular weight is 271 g/mol. The zero-order chi connectivity index (χ0) is 14.4. The van der Waals surface area contributed by atoms with E-state index in [2.05, 4.69) is 5.32 Å². The van der Waals surface area contributed by atoms with Crippen molar-refractivity contribution in [1.29, 1.82) is 0 Å². The molecule has 0 bridgehead atoms. The van der Waals surface area contributed by atoms with E-state index in [0.717, 1.165) is 0 Å². The predicted molar refractivity (Wildman–Crippen MR) is 60.1 cm³/mol. The molecule has 0 heterocycles. The van der Waals surface area contributed by atoms with Gasteiger partial charge in [0.1, 0.15) is 5.60 Å². The second kappa shape index (κ2) is 6.82. The summed E-state index contributed by atoms with van der Waals surface area (Å²) in [4.78, 5) is 11.4. The number of alkyl carbamates (subject to hydrolysis) is 1. The molecular formula is C11H20F3NO3. The average Bonchev–Trinajstić information content (AvgIpc) is 2.08. The van der Waals surface area contributed by atoms with Gasteiger partial charge in [0.05, 0.1) is 6.42 Å². The lowest BCUT2D eigenvalue weighted by Gasteiger charge is -2.24. The summed E-state index contributed by atoms with van der Waals surface area (Å²) in [6, 6.07) is -1.08. The quantitative estimate of drug-likeness (QED) is 0.808. The molecule has 1 atom stereocenters. The summed E-state index contributed by atoms with van der Waals surface area (Å²) in [5.74, 6) is 0. The molecule has 0 aromatic rings. The molecule has 0 fully saturated rings. The second-order valence-electron chi connectivity index (χ2n) is 5.03. The summed E-state index contributed by atoms with van der Waals surface area (Å²) < 4.78 is 41.7. The van der Waals surface area contributed by atoms with Crippen LogP contribution in [0.1, 0.15) is 40.0 Å². The number of carbonyl (C=O) groups excluding carboxylic acids is 1. The molecule has 1 amide bonds. The molecule has 0 aromatic carbocycles. The highest BCUT2D eigenvalue weighted by molar-refractivity contribution is 5.68. The zero-order valence-corrected chi connectivity index (χ0v) is 10.8. The van der Waals surface area contributed by atoms with E-state index in [1.807, 2.05) is 0 Å². The van der Waals surface area contributed by atoms with Gasteiger partial charge in [-0.1, -0.05) is 0 Å². The third-order valence-electron chi connectivity index (χ3n) is 1.91. The normalized spacial score (nSPS) is 14.2. The molecule has 0 rings (SSSR count). The van der Waals surface area contributed by atoms with Gasteiger partial charge in [0.2, 0.25) is 0 Å². The van der Waals surface area contributed by atoms with Gasteiger partial charge >= 0.3 is 12.3 Å². The summed E-state index contributed by atoms with van der Waals surface area (Å²) in [7, 11) is 0.